The summed E-state index contributed by atoms with van der Waals surface area (Å²) >= 11 is 0. The van der Waals surface area contributed by atoms with Crippen LogP contribution >= 0.6 is 0 Å². The standard InChI is InChI=1S/C10H17N5O3/c1-6(2)7(8(16)17)4-11-10(18)14-9-12-5-13-15(9)3/h5-7H,4H2,1-3H3,(H,16,17)(H2,11,12,13,14,18). The minimum Gasteiger partial charge on any atom is -0.481 e. The van der Waals surface area contributed by atoms with Crippen LogP contribution in [0.2, 0.25) is 0 Å². The lowest BCUT2D eigenvalue weighted by Gasteiger charge is -2.16. The lowest BCUT2D eigenvalue weighted by atomic mass is 9.96. The first kappa shape index (κ1) is 13.9. The average molecular weight is 255 g/mol. The Hall–Kier alpha value is -2.12. The molecular formula is C10H17N5O3. The van der Waals surface area contributed by atoms with Gasteiger partial charge in [-0.05, 0) is 5.92 Å². The van der Waals surface area contributed by atoms with Gasteiger partial charge in [0.2, 0.25) is 5.95 Å². The molecule has 18 heavy (non-hydrogen) atoms. The molecule has 3 N–H and O–H groups in total. The third kappa shape index (κ3) is 3.72. The smallest absolute Gasteiger partial charge is 0.321 e. The second kappa shape index (κ2) is 5.99. The van der Waals surface area contributed by atoms with Crippen molar-refractivity contribution in [1.29, 1.82) is 0 Å². The molecule has 1 rings (SSSR count). The SMILES string of the molecule is CC(C)C(CNC(=O)Nc1ncnn1C)C(=O)O. The van der Waals surface area contributed by atoms with E-state index >= 15 is 0 Å². The van der Waals surface area contributed by atoms with E-state index < -0.39 is 17.9 Å². The zero-order valence-electron chi connectivity index (χ0n) is 10.5. The Bertz CT molecular complexity index is 429. The topological polar surface area (TPSA) is 109 Å². The zero-order valence-corrected chi connectivity index (χ0v) is 10.5. The average Bonchev–Trinajstić information content (AvgIpc) is 2.63. The quantitative estimate of drug-likeness (QED) is 0.700. The van der Waals surface area contributed by atoms with Crippen LogP contribution in [0.1, 0.15) is 13.8 Å². The van der Waals surface area contributed by atoms with Crippen molar-refractivity contribution < 1.29 is 14.7 Å². The first-order valence-electron chi connectivity index (χ1n) is 5.53. The maximum absolute atomic E-state index is 11.5. The Morgan fingerprint density at radius 3 is 2.61 bits per heavy atom. The van der Waals surface area contributed by atoms with Gasteiger partial charge in [-0.3, -0.25) is 10.1 Å². The molecule has 0 aliphatic carbocycles. The van der Waals surface area contributed by atoms with E-state index in [1.165, 1.54) is 11.0 Å². The molecule has 2 amide bonds. The second-order valence-electron chi connectivity index (χ2n) is 4.23. The Kier molecular flexibility index (Phi) is 4.64. The van der Waals surface area contributed by atoms with E-state index in [4.69, 9.17) is 5.11 Å². The highest BCUT2D eigenvalue weighted by Crippen LogP contribution is 2.09. The largest absolute Gasteiger partial charge is 0.481 e. The number of aromatic nitrogens is 3. The molecule has 1 unspecified atom stereocenters. The van der Waals surface area contributed by atoms with Gasteiger partial charge in [-0.2, -0.15) is 10.1 Å². The monoisotopic (exact) mass is 255 g/mol. The minimum absolute atomic E-state index is 0.0578. The molecule has 0 saturated heterocycles. The Morgan fingerprint density at radius 1 is 1.50 bits per heavy atom. The molecule has 0 saturated carbocycles. The van der Waals surface area contributed by atoms with Gasteiger partial charge in [0.25, 0.3) is 0 Å². The number of hydrogen-bond acceptors (Lipinski definition) is 4. The summed E-state index contributed by atoms with van der Waals surface area (Å²) in [4.78, 5) is 26.3. The van der Waals surface area contributed by atoms with Crippen molar-refractivity contribution in [3.8, 4) is 0 Å². The van der Waals surface area contributed by atoms with Gasteiger partial charge >= 0.3 is 12.0 Å². The van der Waals surface area contributed by atoms with Gasteiger partial charge in [0, 0.05) is 13.6 Å². The van der Waals surface area contributed by atoms with Crippen LogP contribution in [0.3, 0.4) is 0 Å². The van der Waals surface area contributed by atoms with Gasteiger partial charge in [-0.15, -0.1) is 0 Å². The maximum atomic E-state index is 11.5. The van der Waals surface area contributed by atoms with Crippen LogP contribution in [0.25, 0.3) is 0 Å². The molecule has 0 aliphatic heterocycles. The third-order valence-electron chi connectivity index (χ3n) is 2.54. The zero-order chi connectivity index (χ0) is 13.7. The molecule has 0 fully saturated rings. The van der Waals surface area contributed by atoms with Crippen molar-refractivity contribution in [2.75, 3.05) is 11.9 Å². The van der Waals surface area contributed by atoms with Crippen LogP contribution in [0.15, 0.2) is 6.33 Å². The first-order chi connectivity index (χ1) is 8.41. The van der Waals surface area contributed by atoms with Gasteiger partial charge in [-0.1, -0.05) is 13.8 Å². The third-order valence-corrected chi connectivity index (χ3v) is 2.54. The van der Waals surface area contributed by atoms with E-state index in [1.807, 2.05) is 0 Å². The van der Waals surface area contributed by atoms with Crippen molar-refractivity contribution in [2.45, 2.75) is 13.8 Å². The summed E-state index contributed by atoms with van der Waals surface area (Å²) in [6.45, 7) is 3.65. The molecule has 0 bridgehead atoms. The number of amides is 2. The van der Waals surface area contributed by atoms with E-state index in [-0.39, 0.29) is 12.5 Å². The summed E-state index contributed by atoms with van der Waals surface area (Å²) in [6.07, 6.45) is 1.31. The van der Waals surface area contributed by atoms with E-state index in [0.29, 0.717) is 5.95 Å². The Balaban J connectivity index is 2.46. The number of nitrogens with one attached hydrogen (secondary N) is 2. The van der Waals surface area contributed by atoms with Gasteiger partial charge in [0.05, 0.1) is 5.92 Å². The number of carbonyl (C=O) groups excluding carboxylic acids is 1. The lowest BCUT2D eigenvalue weighted by Crippen LogP contribution is -2.38. The number of carboxylic acid groups (broad SMARTS) is 1. The van der Waals surface area contributed by atoms with Crippen LogP contribution < -0.4 is 10.6 Å². The van der Waals surface area contributed by atoms with Crippen LogP contribution in [0.5, 0.6) is 0 Å². The molecule has 0 radical (unpaired) electrons. The molecule has 1 atom stereocenters. The lowest BCUT2D eigenvalue weighted by molar-refractivity contribution is -0.142. The molecule has 0 aromatic carbocycles. The van der Waals surface area contributed by atoms with Crippen LogP contribution in [-0.4, -0.2) is 38.4 Å². The number of aryl methyl sites for hydroxylation is 1. The normalized spacial score (nSPS) is 12.2. The second-order valence-corrected chi connectivity index (χ2v) is 4.23. The number of carboxylic acids is 1. The van der Waals surface area contributed by atoms with Crippen LogP contribution in [-0.2, 0) is 11.8 Å². The van der Waals surface area contributed by atoms with Gasteiger partial charge < -0.3 is 10.4 Å². The number of carbonyl (C=O) groups is 2. The molecule has 0 spiro atoms. The molecule has 1 aromatic heterocycles. The van der Waals surface area contributed by atoms with E-state index in [1.54, 1.807) is 20.9 Å². The summed E-state index contributed by atoms with van der Waals surface area (Å²) in [7, 11) is 1.64. The summed E-state index contributed by atoms with van der Waals surface area (Å²) in [5, 5.41) is 17.7. The molecule has 0 aliphatic rings. The van der Waals surface area contributed by atoms with Crippen LogP contribution in [0.4, 0.5) is 10.7 Å². The summed E-state index contributed by atoms with van der Waals surface area (Å²) in [5.41, 5.74) is 0. The number of rotatable bonds is 5. The summed E-state index contributed by atoms with van der Waals surface area (Å²) in [6, 6.07) is -0.502. The highest BCUT2D eigenvalue weighted by atomic mass is 16.4. The molecule has 1 aromatic rings. The van der Waals surface area contributed by atoms with E-state index in [9.17, 15) is 9.59 Å². The fraction of sp³-hybridized carbons (Fsp3) is 0.600. The number of urea groups is 1. The highest BCUT2D eigenvalue weighted by Gasteiger charge is 2.22. The highest BCUT2D eigenvalue weighted by molar-refractivity contribution is 5.87. The molecule has 100 valence electrons. The summed E-state index contributed by atoms with van der Waals surface area (Å²) < 4.78 is 1.40. The van der Waals surface area contributed by atoms with Crippen molar-refractivity contribution in [1.82, 2.24) is 20.1 Å². The maximum Gasteiger partial charge on any atom is 0.321 e. The molecule has 1 heterocycles. The van der Waals surface area contributed by atoms with Gasteiger partial charge in [0.15, 0.2) is 0 Å². The summed E-state index contributed by atoms with van der Waals surface area (Å²) in [5.74, 6) is -1.30. The molecular weight excluding hydrogens is 238 g/mol. The minimum atomic E-state index is -0.927. The number of hydrogen-bond donors (Lipinski definition) is 3. The first-order valence-corrected chi connectivity index (χ1v) is 5.53. The molecule has 8 heteroatoms. The van der Waals surface area contributed by atoms with Crippen molar-refractivity contribution in [3.63, 3.8) is 0 Å². The van der Waals surface area contributed by atoms with Crippen molar-refractivity contribution in [3.05, 3.63) is 6.33 Å². The van der Waals surface area contributed by atoms with Gasteiger partial charge in [0.1, 0.15) is 6.33 Å². The van der Waals surface area contributed by atoms with Crippen molar-refractivity contribution in [2.24, 2.45) is 18.9 Å². The fourth-order valence-electron chi connectivity index (χ4n) is 1.37. The van der Waals surface area contributed by atoms with E-state index in [2.05, 4.69) is 20.7 Å². The van der Waals surface area contributed by atoms with Gasteiger partial charge in [-0.25, -0.2) is 9.48 Å². The fourth-order valence-corrected chi connectivity index (χ4v) is 1.37. The van der Waals surface area contributed by atoms with E-state index in [0.717, 1.165) is 0 Å². The predicted molar refractivity (Wildman–Crippen MR) is 64.0 cm³/mol. The van der Waals surface area contributed by atoms with Crippen molar-refractivity contribution >= 4 is 17.9 Å². The number of nitrogens with zero attached hydrogens (tertiary/aromatic N) is 3. The van der Waals surface area contributed by atoms with Crippen LogP contribution in [0, 0.1) is 11.8 Å². The number of anilines is 1. The molecule has 8 nitrogen and oxygen atoms in total. The predicted octanol–water partition coefficient (Wildman–Crippen LogP) is 0.293. The number of aliphatic carboxylic acids is 1. The Labute approximate surface area is 104 Å². The Morgan fingerprint density at radius 2 is 2.17 bits per heavy atom.